The molecule has 68 heavy (non-hydrogen) atoms. The van der Waals surface area contributed by atoms with E-state index in [1.54, 1.807) is 18.2 Å². The molecule has 5 saturated carbocycles. The highest BCUT2D eigenvalue weighted by Crippen LogP contribution is 2.68. The molecule has 2 saturated heterocycles. The predicted molar refractivity (Wildman–Crippen MR) is 263 cm³/mol. The average molecular weight is 931 g/mol. The Labute approximate surface area is 405 Å². The number of hydrogen-bond donors (Lipinski definition) is 0. The lowest BCUT2D eigenvalue weighted by atomic mass is 9.44. The normalized spacial score (nSPS) is 34.4. The molecule has 2 aromatic carbocycles. The largest absolute Gasteiger partial charge is 0.494 e. The van der Waals surface area contributed by atoms with Gasteiger partial charge in [0.05, 0.1) is 48.7 Å². The van der Waals surface area contributed by atoms with Crippen LogP contribution in [0.1, 0.15) is 148 Å². The first-order chi connectivity index (χ1) is 32.6. The summed E-state index contributed by atoms with van der Waals surface area (Å²) >= 11 is 0. The summed E-state index contributed by atoms with van der Waals surface area (Å²) in [5, 5.41) is 0. The van der Waals surface area contributed by atoms with Crippen LogP contribution in [0.25, 0.3) is 6.08 Å². The Balaban J connectivity index is 0.658. The second kappa shape index (κ2) is 19.7. The van der Waals surface area contributed by atoms with Gasteiger partial charge in [-0.2, -0.15) is 0 Å². The number of ether oxygens (including phenoxy) is 3. The third-order valence-electron chi connectivity index (χ3n) is 19.0. The number of carbonyl (C=O) groups excluding carboxylic acids is 5. The molecule has 368 valence electrons. The van der Waals surface area contributed by atoms with Crippen LogP contribution in [-0.2, 0) is 28.7 Å². The zero-order chi connectivity index (χ0) is 48.1. The van der Waals surface area contributed by atoms with Crippen LogP contribution in [0.2, 0.25) is 0 Å². The highest BCUT2D eigenvalue weighted by molar-refractivity contribution is 6.27. The van der Waals surface area contributed by atoms with Gasteiger partial charge in [-0.15, -0.1) is 0 Å². The number of esters is 1. The Morgan fingerprint density at radius 1 is 0.721 bits per heavy atom. The van der Waals surface area contributed by atoms with Gasteiger partial charge in [0, 0.05) is 19.2 Å². The number of anilines is 1. The molecule has 2 heterocycles. The van der Waals surface area contributed by atoms with E-state index in [2.05, 4.69) is 34.6 Å². The van der Waals surface area contributed by atoms with Gasteiger partial charge in [-0.1, -0.05) is 66.0 Å². The summed E-state index contributed by atoms with van der Waals surface area (Å²) < 4.78 is 18.2. The molecule has 10 nitrogen and oxygen atoms in total. The highest BCUT2D eigenvalue weighted by Gasteiger charge is 2.73. The number of imide groups is 2. The first-order valence-electron chi connectivity index (χ1n) is 26.6. The van der Waals surface area contributed by atoms with Gasteiger partial charge in [0.2, 0.25) is 23.6 Å². The molecule has 13 atom stereocenters. The highest BCUT2D eigenvalue weighted by atomic mass is 16.5. The van der Waals surface area contributed by atoms with Crippen molar-refractivity contribution < 1.29 is 38.2 Å². The van der Waals surface area contributed by atoms with Crippen molar-refractivity contribution in [1.29, 1.82) is 0 Å². The molecule has 9 rings (SSSR count). The van der Waals surface area contributed by atoms with Gasteiger partial charge in [-0.25, -0.2) is 9.69 Å². The van der Waals surface area contributed by atoms with Crippen molar-refractivity contribution >= 4 is 41.4 Å². The number of rotatable bonds is 18. The van der Waals surface area contributed by atoms with Gasteiger partial charge in [-0.05, 0) is 184 Å². The molecule has 13 unspecified atom stereocenters. The Bertz CT molecular complexity index is 2210. The molecular weight excluding hydrogens is 853 g/mol. The zero-order valence-electron chi connectivity index (χ0n) is 42.0. The number of carbonyl (C=O) groups is 5. The van der Waals surface area contributed by atoms with Crippen LogP contribution < -0.4 is 14.4 Å². The summed E-state index contributed by atoms with van der Waals surface area (Å²) in [6.07, 6.45) is 23.2. The molecular formula is C58H78N2O8. The van der Waals surface area contributed by atoms with Crippen LogP contribution in [0, 0.1) is 82.9 Å². The molecule has 2 aromatic rings. The van der Waals surface area contributed by atoms with Crippen LogP contribution in [0.4, 0.5) is 5.69 Å². The van der Waals surface area contributed by atoms with E-state index in [0.717, 1.165) is 107 Å². The molecule has 4 amide bonds. The number of benzene rings is 2. The topological polar surface area (TPSA) is 120 Å². The lowest BCUT2D eigenvalue weighted by Gasteiger charge is -2.61. The van der Waals surface area contributed by atoms with Crippen LogP contribution >= 0.6 is 0 Å². The van der Waals surface area contributed by atoms with Crippen molar-refractivity contribution in [3.05, 3.63) is 59.7 Å². The second-order valence-electron chi connectivity index (χ2n) is 23.4. The maximum absolute atomic E-state index is 13.4. The number of nitrogens with zero attached hydrogens (tertiary/aromatic N) is 2. The van der Waals surface area contributed by atoms with E-state index in [0.29, 0.717) is 35.5 Å². The first-order valence-corrected chi connectivity index (χ1v) is 26.6. The second-order valence-corrected chi connectivity index (χ2v) is 23.4. The van der Waals surface area contributed by atoms with Crippen LogP contribution in [0.5, 0.6) is 11.5 Å². The van der Waals surface area contributed by atoms with Crippen LogP contribution in [0.3, 0.4) is 0 Å². The van der Waals surface area contributed by atoms with E-state index in [1.807, 2.05) is 37.3 Å². The standard InChI is InChI=1S/C58H78N2O8/c1-35(2)13-12-14-37(4)45-22-23-46-44-21-18-39-33-42(25-27-57(39,5)47(44)26-28-58(45,46)6)68-41-19-15-38(16-20-41)17-24-48(61)67-30-11-9-8-10-29-66-43-32-36(3)31-40(34-43)60-55(64)51-49-50(52(51)56(60)65)54(63)59(7)53(49)62/h15-17,19-20,24,31-32,34-35,37,39,42,44-47,49-52H,8-14,18,21-23,25-30,33H2,1-7H3/b24-17+. The van der Waals surface area contributed by atoms with Gasteiger partial charge in [-0.3, -0.25) is 24.1 Å². The molecule has 10 heteroatoms. The molecule has 5 aliphatic carbocycles. The summed E-state index contributed by atoms with van der Waals surface area (Å²) in [5.41, 5.74) is 3.14. The minimum absolute atomic E-state index is 0.261. The predicted octanol–water partition coefficient (Wildman–Crippen LogP) is 11.4. The van der Waals surface area contributed by atoms with Crippen molar-refractivity contribution in [3.63, 3.8) is 0 Å². The molecule has 0 bridgehead atoms. The quantitative estimate of drug-likeness (QED) is 0.0627. The summed E-state index contributed by atoms with van der Waals surface area (Å²) in [4.78, 5) is 66.6. The Morgan fingerprint density at radius 2 is 1.38 bits per heavy atom. The smallest absolute Gasteiger partial charge is 0.330 e. The van der Waals surface area contributed by atoms with Gasteiger partial charge in [0.15, 0.2) is 0 Å². The monoisotopic (exact) mass is 931 g/mol. The number of aryl methyl sites for hydroxylation is 1. The maximum atomic E-state index is 13.4. The van der Waals surface area contributed by atoms with Crippen molar-refractivity contribution in [2.75, 3.05) is 25.2 Å². The first kappa shape index (κ1) is 48.5. The minimum Gasteiger partial charge on any atom is -0.494 e. The number of likely N-dealkylation sites (tertiary alicyclic amines) is 1. The lowest BCUT2D eigenvalue weighted by Crippen LogP contribution is -2.54. The number of fused-ring (bicyclic) bond motifs is 9. The van der Waals surface area contributed by atoms with Gasteiger partial charge in [0.1, 0.15) is 11.5 Å². The van der Waals surface area contributed by atoms with E-state index in [9.17, 15) is 24.0 Å². The van der Waals surface area contributed by atoms with E-state index >= 15 is 0 Å². The van der Waals surface area contributed by atoms with Gasteiger partial charge in [0.25, 0.3) is 0 Å². The molecule has 0 N–H and O–H groups in total. The van der Waals surface area contributed by atoms with E-state index < -0.39 is 35.5 Å². The van der Waals surface area contributed by atoms with Crippen molar-refractivity contribution in [2.45, 2.75) is 150 Å². The van der Waals surface area contributed by atoms with Crippen molar-refractivity contribution in [2.24, 2.45) is 75.9 Å². The number of amides is 4. The molecule has 2 aliphatic heterocycles. The van der Waals surface area contributed by atoms with Gasteiger partial charge < -0.3 is 14.2 Å². The van der Waals surface area contributed by atoms with Crippen LogP contribution in [-0.4, -0.2) is 60.9 Å². The molecule has 7 fully saturated rings. The average Bonchev–Trinajstić information content (AvgIpc) is 3.82. The fourth-order valence-electron chi connectivity index (χ4n) is 15.5. The lowest BCUT2D eigenvalue weighted by molar-refractivity contribution is -0.146. The van der Waals surface area contributed by atoms with E-state index in [4.69, 9.17) is 14.2 Å². The van der Waals surface area contributed by atoms with Crippen molar-refractivity contribution in [1.82, 2.24) is 4.90 Å². The van der Waals surface area contributed by atoms with E-state index in [1.165, 1.54) is 77.3 Å². The van der Waals surface area contributed by atoms with Crippen molar-refractivity contribution in [3.8, 4) is 11.5 Å². The summed E-state index contributed by atoms with van der Waals surface area (Å²) in [7, 11) is 1.41. The molecule has 0 radical (unpaired) electrons. The van der Waals surface area contributed by atoms with Gasteiger partial charge >= 0.3 is 5.97 Å². The summed E-state index contributed by atoms with van der Waals surface area (Å²) in [6.45, 7) is 15.4. The fraction of sp³-hybridized carbons (Fsp3) is 0.672. The SMILES string of the molecule is Cc1cc(OCCCCCCOC(=O)/C=C/c2ccc(OC3CCC4(C)C(CCC5C4CCC4(C)C(C(C)CCCC(C)C)CCC54)C3)cc2)cc(N2C(=O)C3C4C(=O)N(C)C(=O)C4C3C2=O)c1. The summed E-state index contributed by atoms with van der Waals surface area (Å²) in [5.74, 6) is 2.46. The Hall–Kier alpha value is -4.47. The third kappa shape index (κ3) is 9.08. The number of hydrogen-bond acceptors (Lipinski definition) is 8. The molecule has 0 spiro atoms. The molecule has 7 aliphatic rings. The fourth-order valence-corrected chi connectivity index (χ4v) is 15.5. The zero-order valence-corrected chi connectivity index (χ0v) is 42.0. The number of unbranched alkanes of at least 4 members (excludes halogenated alkanes) is 3. The summed E-state index contributed by atoms with van der Waals surface area (Å²) in [6, 6.07) is 13.4. The third-order valence-corrected chi connectivity index (χ3v) is 19.0. The molecule has 0 aromatic heterocycles. The van der Waals surface area contributed by atoms with E-state index in [-0.39, 0.29) is 23.9 Å². The van der Waals surface area contributed by atoms with Crippen LogP contribution in [0.15, 0.2) is 48.5 Å². The Kier molecular flexibility index (Phi) is 14.1. The minimum atomic E-state index is -0.784. The maximum Gasteiger partial charge on any atom is 0.330 e. The Morgan fingerprint density at radius 3 is 2.09 bits per heavy atom.